The number of benzene rings is 2. The minimum atomic E-state index is 0.0560. The highest BCUT2D eigenvalue weighted by molar-refractivity contribution is 5.95. The third-order valence-electron chi connectivity index (χ3n) is 4.64. The Morgan fingerprint density at radius 3 is 2.52 bits per heavy atom. The fourth-order valence-corrected chi connectivity index (χ4v) is 3.02. The van der Waals surface area contributed by atoms with Crippen LogP contribution in [0.15, 0.2) is 67.1 Å². The number of aromatic nitrogens is 1. The molecule has 3 aromatic rings. The number of carbonyl (C=O) groups excluding carboxylic acids is 1. The Labute approximate surface area is 160 Å². The number of hydrogen-bond acceptors (Lipinski definition) is 3. The molecule has 0 atom stereocenters. The number of allylic oxidation sites excluding steroid dienone is 1. The van der Waals surface area contributed by atoms with Gasteiger partial charge in [0.15, 0.2) is 0 Å². The molecule has 0 bridgehead atoms. The van der Waals surface area contributed by atoms with Gasteiger partial charge >= 0.3 is 0 Å². The first kappa shape index (κ1) is 18.6. The molecular formula is C23H25N3O. The zero-order chi connectivity index (χ0) is 19.2. The number of rotatable bonds is 6. The zero-order valence-corrected chi connectivity index (χ0v) is 16.1. The van der Waals surface area contributed by atoms with Crippen LogP contribution in [0.4, 0.5) is 0 Å². The van der Waals surface area contributed by atoms with E-state index in [0.29, 0.717) is 6.54 Å². The number of amides is 1. The zero-order valence-electron chi connectivity index (χ0n) is 16.1. The Kier molecular flexibility index (Phi) is 5.87. The molecule has 0 aliphatic carbocycles. The van der Waals surface area contributed by atoms with E-state index < -0.39 is 0 Å². The van der Waals surface area contributed by atoms with Gasteiger partial charge in [0.2, 0.25) is 5.91 Å². The monoisotopic (exact) mass is 359 g/mol. The molecule has 0 saturated carbocycles. The van der Waals surface area contributed by atoms with Crippen molar-refractivity contribution in [2.75, 3.05) is 20.6 Å². The molecule has 0 radical (unpaired) electrons. The van der Waals surface area contributed by atoms with Crippen LogP contribution in [0.1, 0.15) is 18.9 Å². The van der Waals surface area contributed by atoms with Crippen molar-refractivity contribution in [3.63, 3.8) is 0 Å². The maximum absolute atomic E-state index is 11.7. The molecule has 138 valence electrons. The number of fused-ring (bicyclic) bond motifs is 1. The van der Waals surface area contributed by atoms with Crippen molar-refractivity contribution in [1.29, 1.82) is 0 Å². The van der Waals surface area contributed by atoms with Gasteiger partial charge in [0, 0.05) is 43.6 Å². The summed E-state index contributed by atoms with van der Waals surface area (Å²) in [7, 11) is 3.52. The highest BCUT2D eigenvalue weighted by Gasteiger charge is 2.06. The summed E-state index contributed by atoms with van der Waals surface area (Å²) in [4.78, 5) is 17.6. The van der Waals surface area contributed by atoms with E-state index in [-0.39, 0.29) is 5.91 Å². The summed E-state index contributed by atoms with van der Waals surface area (Å²) in [5, 5.41) is 5.47. The van der Waals surface area contributed by atoms with E-state index in [1.54, 1.807) is 19.0 Å². The van der Waals surface area contributed by atoms with E-state index in [0.717, 1.165) is 28.5 Å². The minimum absolute atomic E-state index is 0.0560. The van der Waals surface area contributed by atoms with E-state index in [9.17, 15) is 4.79 Å². The Hall–Kier alpha value is -3.14. The summed E-state index contributed by atoms with van der Waals surface area (Å²) in [6.07, 6.45) is 6.64. The van der Waals surface area contributed by atoms with Gasteiger partial charge in [-0.2, -0.15) is 0 Å². The fourth-order valence-electron chi connectivity index (χ4n) is 3.02. The Bertz CT molecular complexity index is 954. The van der Waals surface area contributed by atoms with Gasteiger partial charge in [0.05, 0.1) is 6.54 Å². The van der Waals surface area contributed by atoms with Crippen LogP contribution in [-0.2, 0) is 4.79 Å². The van der Waals surface area contributed by atoms with Crippen LogP contribution in [0.2, 0.25) is 0 Å². The average Bonchev–Trinajstić information content (AvgIpc) is 2.71. The lowest BCUT2D eigenvalue weighted by atomic mass is 9.97. The van der Waals surface area contributed by atoms with Crippen LogP contribution in [-0.4, -0.2) is 36.4 Å². The number of hydrogen-bond donors (Lipinski definition) is 1. The van der Waals surface area contributed by atoms with E-state index in [1.165, 1.54) is 11.0 Å². The van der Waals surface area contributed by atoms with Gasteiger partial charge in [-0.05, 0) is 28.5 Å². The van der Waals surface area contributed by atoms with Crippen LogP contribution < -0.4 is 5.32 Å². The molecule has 2 aromatic carbocycles. The molecule has 27 heavy (non-hydrogen) atoms. The molecule has 0 aliphatic heterocycles. The second-order valence-electron chi connectivity index (χ2n) is 6.68. The lowest BCUT2D eigenvalue weighted by molar-refractivity contribution is -0.127. The minimum Gasteiger partial charge on any atom is -0.382 e. The lowest BCUT2D eigenvalue weighted by Crippen LogP contribution is -2.30. The largest absolute Gasteiger partial charge is 0.382 e. The third-order valence-corrected chi connectivity index (χ3v) is 4.64. The topological polar surface area (TPSA) is 45.2 Å². The number of likely N-dealkylation sites (N-methyl/N-ethyl adjacent to an activating group) is 1. The van der Waals surface area contributed by atoms with E-state index in [2.05, 4.69) is 59.7 Å². The smallest absolute Gasteiger partial charge is 0.241 e. The Morgan fingerprint density at radius 2 is 1.81 bits per heavy atom. The van der Waals surface area contributed by atoms with E-state index >= 15 is 0 Å². The molecule has 1 heterocycles. The molecule has 0 spiro atoms. The molecular weight excluding hydrogens is 334 g/mol. The molecule has 1 aromatic heterocycles. The van der Waals surface area contributed by atoms with Crippen molar-refractivity contribution in [3.05, 3.63) is 72.7 Å². The van der Waals surface area contributed by atoms with Crippen molar-refractivity contribution in [2.24, 2.45) is 0 Å². The van der Waals surface area contributed by atoms with Gasteiger partial charge < -0.3 is 10.2 Å². The molecule has 0 aliphatic rings. The standard InChI is InChI=1S/C23H25N3O/c1-4-17(13-25-16-23(27)26(2)3)18-9-11-19(12-10-18)22-15-24-14-20-7-5-6-8-21(20)22/h5-15,25H,4,16H2,1-3H3/b17-13+. The maximum Gasteiger partial charge on any atom is 0.241 e. The average molecular weight is 359 g/mol. The highest BCUT2D eigenvalue weighted by atomic mass is 16.2. The summed E-state index contributed by atoms with van der Waals surface area (Å²) in [5.74, 6) is 0.0560. The number of nitrogens with one attached hydrogen (secondary N) is 1. The third kappa shape index (κ3) is 4.34. The summed E-state index contributed by atoms with van der Waals surface area (Å²) in [6, 6.07) is 16.8. The number of pyridine rings is 1. The van der Waals surface area contributed by atoms with Crippen LogP contribution in [0, 0.1) is 0 Å². The fraction of sp³-hybridized carbons (Fsp3) is 0.217. The molecule has 0 unspecified atom stereocenters. The summed E-state index contributed by atoms with van der Waals surface area (Å²) >= 11 is 0. The van der Waals surface area contributed by atoms with E-state index in [1.807, 2.05) is 24.7 Å². The molecule has 3 rings (SSSR count). The first-order valence-electron chi connectivity index (χ1n) is 9.16. The first-order chi connectivity index (χ1) is 13.1. The lowest BCUT2D eigenvalue weighted by Gasteiger charge is -2.12. The Morgan fingerprint density at radius 1 is 1.07 bits per heavy atom. The predicted octanol–water partition coefficient (Wildman–Crippen LogP) is 4.33. The molecule has 0 fully saturated rings. The van der Waals surface area contributed by atoms with Crippen molar-refractivity contribution in [3.8, 4) is 11.1 Å². The van der Waals surface area contributed by atoms with Crippen LogP contribution in [0.5, 0.6) is 0 Å². The summed E-state index contributed by atoms with van der Waals surface area (Å²) in [6.45, 7) is 2.42. The number of nitrogens with zero attached hydrogens (tertiary/aromatic N) is 2. The number of carbonyl (C=O) groups is 1. The summed E-state index contributed by atoms with van der Waals surface area (Å²) < 4.78 is 0. The maximum atomic E-state index is 11.7. The van der Waals surface area contributed by atoms with E-state index in [4.69, 9.17) is 0 Å². The molecule has 1 N–H and O–H groups in total. The quantitative estimate of drug-likeness (QED) is 0.712. The Balaban J connectivity index is 1.82. The van der Waals surface area contributed by atoms with Crippen molar-refractivity contribution < 1.29 is 4.79 Å². The van der Waals surface area contributed by atoms with Gasteiger partial charge in [-0.1, -0.05) is 55.5 Å². The highest BCUT2D eigenvalue weighted by Crippen LogP contribution is 2.29. The van der Waals surface area contributed by atoms with Gasteiger partial charge in [-0.3, -0.25) is 9.78 Å². The molecule has 4 nitrogen and oxygen atoms in total. The van der Waals surface area contributed by atoms with Crippen molar-refractivity contribution in [1.82, 2.24) is 15.2 Å². The van der Waals surface area contributed by atoms with Crippen molar-refractivity contribution >= 4 is 22.3 Å². The normalized spacial score (nSPS) is 11.4. The van der Waals surface area contributed by atoms with Crippen LogP contribution in [0.3, 0.4) is 0 Å². The van der Waals surface area contributed by atoms with Gasteiger partial charge in [0.1, 0.15) is 0 Å². The first-order valence-corrected chi connectivity index (χ1v) is 9.16. The second kappa shape index (κ2) is 8.49. The van der Waals surface area contributed by atoms with Gasteiger partial charge in [-0.25, -0.2) is 0 Å². The molecule has 0 saturated heterocycles. The molecule has 4 heteroatoms. The predicted molar refractivity (Wildman–Crippen MR) is 112 cm³/mol. The van der Waals surface area contributed by atoms with Crippen LogP contribution in [0.25, 0.3) is 27.5 Å². The van der Waals surface area contributed by atoms with Gasteiger partial charge in [0.25, 0.3) is 0 Å². The van der Waals surface area contributed by atoms with Crippen LogP contribution >= 0.6 is 0 Å². The van der Waals surface area contributed by atoms with Gasteiger partial charge in [-0.15, -0.1) is 0 Å². The molecule has 1 amide bonds. The SMILES string of the molecule is CC/C(=C\NCC(=O)N(C)C)c1ccc(-c2cncc3ccccc23)cc1. The van der Waals surface area contributed by atoms with Crippen molar-refractivity contribution in [2.45, 2.75) is 13.3 Å². The second-order valence-corrected chi connectivity index (χ2v) is 6.68. The summed E-state index contributed by atoms with van der Waals surface area (Å²) in [5.41, 5.74) is 4.61.